The van der Waals surface area contributed by atoms with Crippen LogP contribution < -0.4 is 5.32 Å². The third kappa shape index (κ3) is 5.01. The molecule has 0 saturated heterocycles. The zero-order chi connectivity index (χ0) is 13.5. The fourth-order valence-corrected chi connectivity index (χ4v) is 2.13. The van der Waals surface area contributed by atoms with Gasteiger partial charge in [0.15, 0.2) is 0 Å². The topological polar surface area (TPSA) is 15.3 Å². The van der Waals surface area contributed by atoms with Crippen LogP contribution in [0, 0.1) is 0 Å². The van der Waals surface area contributed by atoms with Gasteiger partial charge in [0.25, 0.3) is 0 Å². The molecular formula is C15H26N2S. The lowest BCUT2D eigenvalue weighted by atomic mass is 10.1. The molecule has 1 aromatic rings. The SMILES string of the molecule is CSc1ccc(C(C)NCCN(C)C(C)C)cc1. The largest absolute Gasteiger partial charge is 0.309 e. The van der Waals surface area contributed by atoms with E-state index in [2.05, 4.69) is 68.6 Å². The maximum Gasteiger partial charge on any atom is 0.0292 e. The maximum atomic E-state index is 3.57. The molecule has 0 amide bonds. The molecule has 0 heterocycles. The highest BCUT2D eigenvalue weighted by Gasteiger charge is 2.06. The van der Waals surface area contributed by atoms with Crippen LogP contribution in [0.25, 0.3) is 0 Å². The second-order valence-corrected chi connectivity index (χ2v) is 5.90. The molecule has 0 radical (unpaired) electrons. The minimum atomic E-state index is 0.418. The summed E-state index contributed by atoms with van der Waals surface area (Å²) in [6.07, 6.45) is 2.11. The Balaban J connectivity index is 2.37. The van der Waals surface area contributed by atoms with Crippen LogP contribution in [0.1, 0.15) is 32.4 Å². The minimum Gasteiger partial charge on any atom is -0.309 e. The van der Waals surface area contributed by atoms with Crippen molar-refractivity contribution in [3.63, 3.8) is 0 Å². The Kier molecular flexibility index (Phi) is 6.76. The molecule has 0 aliphatic heterocycles. The van der Waals surface area contributed by atoms with Crippen LogP contribution in [-0.2, 0) is 0 Å². The molecule has 3 heteroatoms. The second kappa shape index (κ2) is 7.82. The second-order valence-electron chi connectivity index (χ2n) is 5.02. The Morgan fingerprint density at radius 1 is 1.17 bits per heavy atom. The predicted octanol–water partition coefficient (Wildman–Crippen LogP) is 3.40. The lowest BCUT2D eigenvalue weighted by Crippen LogP contribution is -2.34. The van der Waals surface area contributed by atoms with E-state index < -0.39 is 0 Å². The van der Waals surface area contributed by atoms with Gasteiger partial charge in [-0.05, 0) is 51.8 Å². The number of benzene rings is 1. The van der Waals surface area contributed by atoms with Crippen molar-refractivity contribution in [2.75, 3.05) is 26.4 Å². The minimum absolute atomic E-state index is 0.418. The van der Waals surface area contributed by atoms with E-state index in [4.69, 9.17) is 0 Å². The van der Waals surface area contributed by atoms with Crippen molar-refractivity contribution >= 4 is 11.8 Å². The van der Waals surface area contributed by atoms with Crippen molar-refractivity contribution in [3.05, 3.63) is 29.8 Å². The molecule has 1 rings (SSSR count). The molecule has 1 N–H and O–H groups in total. The maximum absolute atomic E-state index is 3.57. The van der Waals surface area contributed by atoms with E-state index in [9.17, 15) is 0 Å². The van der Waals surface area contributed by atoms with Crippen LogP contribution in [0.2, 0.25) is 0 Å². The van der Waals surface area contributed by atoms with Crippen molar-refractivity contribution in [1.82, 2.24) is 10.2 Å². The van der Waals surface area contributed by atoms with Crippen molar-refractivity contribution in [2.24, 2.45) is 0 Å². The number of thioether (sulfide) groups is 1. The zero-order valence-electron chi connectivity index (χ0n) is 12.2. The molecule has 0 fully saturated rings. The van der Waals surface area contributed by atoms with Crippen molar-refractivity contribution in [2.45, 2.75) is 37.8 Å². The Morgan fingerprint density at radius 2 is 1.78 bits per heavy atom. The summed E-state index contributed by atoms with van der Waals surface area (Å²) in [5.74, 6) is 0. The molecular weight excluding hydrogens is 240 g/mol. The van der Waals surface area contributed by atoms with E-state index in [0.717, 1.165) is 13.1 Å². The van der Waals surface area contributed by atoms with Crippen LogP contribution in [0.3, 0.4) is 0 Å². The normalized spacial score (nSPS) is 13.3. The quantitative estimate of drug-likeness (QED) is 0.762. The third-order valence-corrected chi connectivity index (χ3v) is 4.16. The van der Waals surface area contributed by atoms with E-state index in [1.54, 1.807) is 11.8 Å². The van der Waals surface area contributed by atoms with Crippen LogP contribution in [-0.4, -0.2) is 37.3 Å². The number of rotatable bonds is 7. The molecule has 1 aromatic carbocycles. The smallest absolute Gasteiger partial charge is 0.0292 e. The molecule has 0 aromatic heterocycles. The van der Waals surface area contributed by atoms with Crippen molar-refractivity contribution in [3.8, 4) is 0 Å². The lowest BCUT2D eigenvalue weighted by molar-refractivity contribution is 0.270. The molecule has 1 atom stereocenters. The van der Waals surface area contributed by atoms with Gasteiger partial charge in [-0.15, -0.1) is 11.8 Å². The number of nitrogens with zero attached hydrogens (tertiary/aromatic N) is 1. The number of likely N-dealkylation sites (N-methyl/N-ethyl adjacent to an activating group) is 1. The first-order chi connectivity index (χ1) is 8.54. The summed E-state index contributed by atoms with van der Waals surface area (Å²) in [6.45, 7) is 8.80. The van der Waals surface area contributed by atoms with Gasteiger partial charge in [-0.25, -0.2) is 0 Å². The molecule has 0 aliphatic carbocycles. The van der Waals surface area contributed by atoms with E-state index in [0.29, 0.717) is 12.1 Å². The highest BCUT2D eigenvalue weighted by molar-refractivity contribution is 7.98. The van der Waals surface area contributed by atoms with E-state index in [1.807, 2.05) is 0 Å². The predicted molar refractivity (Wildman–Crippen MR) is 82.4 cm³/mol. The Labute approximate surface area is 116 Å². The first kappa shape index (κ1) is 15.5. The number of hydrogen-bond donors (Lipinski definition) is 1. The van der Waals surface area contributed by atoms with Gasteiger partial charge in [-0.3, -0.25) is 0 Å². The Bertz CT molecular complexity index is 335. The van der Waals surface area contributed by atoms with Crippen LogP contribution >= 0.6 is 11.8 Å². The fraction of sp³-hybridized carbons (Fsp3) is 0.600. The van der Waals surface area contributed by atoms with Crippen molar-refractivity contribution in [1.29, 1.82) is 0 Å². The summed E-state index contributed by atoms with van der Waals surface area (Å²) in [6, 6.07) is 9.85. The summed E-state index contributed by atoms with van der Waals surface area (Å²) in [5, 5.41) is 3.57. The summed E-state index contributed by atoms with van der Waals surface area (Å²) >= 11 is 1.79. The highest BCUT2D eigenvalue weighted by atomic mass is 32.2. The molecule has 2 nitrogen and oxygen atoms in total. The van der Waals surface area contributed by atoms with Crippen LogP contribution in [0.5, 0.6) is 0 Å². The molecule has 102 valence electrons. The van der Waals surface area contributed by atoms with Crippen LogP contribution in [0.15, 0.2) is 29.2 Å². The van der Waals surface area contributed by atoms with Gasteiger partial charge in [0.2, 0.25) is 0 Å². The first-order valence-electron chi connectivity index (χ1n) is 6.62. The van der Waals surface area contributed by atoms with E-state index >= 15 is 0 Å². The Morgan fingerprint density at radius 3 is 2.28 bits per heavy atom. The summed E-state index contributed by atoms with van der Waals surface area (Å²) < 4.78 is 0. The fourth-order valence-electron chi connectivity index (χ4n) is 1.73. The molecule has 1 unspecified atom stereocenters. The molecule has 0 saturated carbocycles. The number of hydrogen-bond acceptors (Lipinski definition) is 3. The van der Waals surface area contributed by atoms with Crippen LogP contribution in [0.4, 0.5) is 0 Å². The summed E-state index contributed by atoms with van der Waals surface area (Å²) in [7, 11) is 2.17. The molecule has 0 spiro atoms. The van der Waals surface area contributed by atoms with Gasteiger partial charge in [0.1, 0.15) is 0 Å². The monoisotopic (exact) mass is 266 g/mol. The van der Waals surface area contributed by atoms with E-state index in [1.165, 1.54) is 10.5 Å². The van der Waals surface area contributed by atoms with E-state index in [-0.39, 0.29) is 0 Å². The molecule has 18 heavy (non-hydrogen) atoms. The average Bonchev–Trinajstić information content (AvgIpc) is 2.38. The Hall–Kier alpha value is -0.510. The van der Waals surface area contributed by atoms with Gasteiger partial charge < -0.3 is 10.2 Å². The summed E-state index contributed by atoms with van der Waals surface area (Å²) in [4.78, 5) is 3.68. The molecule has 0 aliphatic rings. The number of nitrogens with one attached hydrogen (secondary N) is 1. The van der Waals surface area contributed by atoms with Gasteiger partial charge in [0.05, 0.1) is 0 Å². The standard InChI is InChI=1S/C15H26N2S/c1-12(2)17(4)11-10-16-13(3)14-6-8-15(18-5)9-7-14/h6-9,12-13,16H,10-11H2,1-5H3. The average molecular weight is 266 g/mol. The highest BCUT2D eigenvalue weighted by Crippen LogP contribution is 2.18. The first-order valence-corrected chi connectivity index (χ1v) is 7.84. The van der Waals surface area contributed by atoms with Gasteiger partial charge in [-0.1, -0.05) is 12.1 Å². The lowest BCUT2D eigenvalue weighted by Gasteiger charge is -2.22. The zero-order valence-corrected chi connectivity index (χ0v) is 13.1. The van der Waals surface area contributed by atoms with Crippen molar-refractivity contribution < 1.29 is 0 Å². The van der Waals surface area contributed by atoms with Gasteiger partial charge in [-0.2, -0.15) is 0 Å². The summed E-state index contributed by atoms with van der Waals surface area (Å²) in [5.41, 5.74) is 1.36. The van der Waals surface area contributed by atoms with Gasteiger partial charge >= 0.3 is 0 Å². The van der Waals surface area contributed by atoms with Gasteiger partial charge in [0, 0.05) is 30.1 Å². The third-order valence-electron chi connectivity index (χ3n) is 3.41. The molecule has 0 bridgehead atoms.